The normalized spacial score (nSPS) is 35.7. The van der Waals surface area contributed by atoms with Crippen molar-refractivity contribution in [3.8, 4) is 12.3 Å². The Labute approximate surface area is 80.7 Å². The number of fused-ring (bicyclic) bond motifs is 1. The molecule has 3 atom stereocenters. The van der Waals surface area contributed by atoms with Gasteiger partial charge in [-0.3, -0.25) is 10.2 Å². The molecule has 13 heavy (non-hydrogen) atoms. The van der Waals surface area contributed by atoms with Crippen molar-refractivity contribution in [2.75, 3.05) is 13.1 Å². The Hall–Kier alpha value is -0.520. The Morgan fingerprint density at radius 1 is 1.46 bits per heavy atom. The van der Waals surface area contributed by atoms with Gasteiger partial charge in [0.2, 0.25) is 0 Å². The van der Waals surface area contributed by atoms with E-state index in [0.717, 1.165) is 6.04 Å². The summed E-state index contributed by atoms with van der Waals surface area (Å²) in [5.41, 5.74) is 0. The number of nitrogens with zero attached hydrogens (tertiary/aromatic N) is 1. The van der Waals surface area contributed by atoms with Gasteiger partial charge in [0.1, 0.15) is 0 Å². The molecule has 2 aliphatic rings. The van der Waals surface area contributed by atoms with E-state index in [1.807, 2.05) is 0 Å². The van der Waals surface area contributed by atoms with Gasteiger partial charge in [0.15, 0.2) is 0 Å². The zero-order chi connectivity index (χ0) is 9.26. The summed E-state index contributed by atoms with van der Waals surface area (Å²) in [5, 5.41) is 3.52. The summed E-state index contributed by atoms with van der Waals surface area (Å²) in [6, 6.07) is 1.65. The molecule has 2 nitrogen and oxygen atoms in total. The molecule has 2 aliphatic heterocycles. The average molecular weight is 178 g/mol. The van der Waals surface area contributed by atoms with Gasteiger partial charge in [0, 0.05) is 18.6 Å². The number of hydrogen-bond acceptors (Lipinski definition) is 2. The lowest BCUT2D eigenvalue weighted by Crippen LogP contribution is -2.42. The van der Waals surface area contributed by atoms with E-state index < -0.39 is 0 Å². The lowest BCUT2D eigenvalue weighted by atomic mass is 10.1. The maximum absolute atomic E-state index is 5.36. The fourth-order valence-corrected chi connectivity index (χ4v) is 2.65. The van der Waals surface area contributed by atoms with Gasteiger partial charge in [0.25, 0.3) is 0 Å². The van der Waals surface area contributed by atoms with Gasteiger partial charge in [0.05, 0.1) is 6.04 Å². The maximum atomic E-state index is 5.36. The molecule has 0 bridgehead atoms. The summed E-state index contributed by atoms with van der Waals surface area (Å²) in [7, 11) is 0. The minimum atomic E-state index is 0.227. The molecule has 0 aromatic carbocycles. The molecule has 1 N–H and O–H groups in total. The maximum Gasteiger partial charge on any atom is 0.0661 e. The topological polar surface area (TPSA) is 15.3 Å². The summed E-state index contributed by atoms with van der Waals surface area (Å²) in [5.74, 6) is 2.74. The monoisotopic (exact) mass is 178 g/mol. The van der Waals surface area contributed by atoms with Crippen LogP contribution in [0.15, 0.2) is 0 Å². The van der Waals surface area contributed by atoms with Crippen LogP contribution in [0.3, 0.4) is 0 Å². The van der Waals surface area contributed by atoms with E-state index in [9.17, 15) is 0 Å². The van der Waals surface area contributed by atoms with Crippen molar-refractivity contribution >= 4 is 0 Å². The second-order valence-electron chi connectivity index (χ2n) is 4.20. The number of nitrogens with one attached hydrogen (secondary N) is 1. The van der Waals surface area contributed by atoms with Crippen LogP contribution in [-0.2, 0) is 0 Å². The van der Waals surface area contributed by atoms with Crippen LogP contribution in [0.4, 0.5) is 0 Å². The first kappa shape index (κ1) is 9.05. The molecule has 0 spiro atoms. The number of rotatable bonds is 2. The van der Waals surface area contributed by atoms with Crippen LogP contribution >= 0.6 is 0 Å². The summed E-state index contributed by atoms with van der Waals surface area (Å²) in [6.07, 6.45) is 9.36. The standard InChI is InChI=1S/C11H18N2/c1-3-9(2)12-10-6-8-13-7-4-5-11(10)13/h1,9-12H,4-8H2,2H3. The summed E-state index contributed by atoms with van der Waals surface area (Å²) in [6.45, 7) is 4.63. The second-order valence-corrected chi connectivity index (χ2v) is 4.20. The van der Waals surface area contributed by atoms with E-state index in [1.165, 1.54) is 32.4 Å². The molecule has 3 unspecified atom stereocenters. The van der Waals surface area contributed by atoms with Crippen LogP contribution in [-0.4, -0.2) is 36.1 Å². The van der Waals surface area contributed by atoms with E-state index in [1.54, 1.807) is 0 Å². The first-order chi connectivity index (χ1) is 6.31. The van der Waals surface area contributed by atoms with Crippen molar-refractivity contribution in [3.05, 3.63) is 0 Å². The van der Waals surface area contributed by atoms with Gasteiger partial charge < -0.3 is 0 Å². The third-order valence-electron chi connectivity index (χ3n) is 3.32. The zero-order valence-electron chi connectivity index (χ0n) is 8.29. The minimum absolute atomic E-state index is 0.227. The number of hydrogen-bond donors (Lipinski definition) is 1. The Bertz CT molecular complexity index is 219. The highest BCUT2D eigenvalue weighted by molar-refractivity contribution is 5.02. The smallest absolute Gasteiger partial charge is 0.0661 e. The SMILES string of the molecule is C#CC(C)NC1CCN2CCCC12. The third-order valence-corrected chi connectivity index (χ3v) is 3.32. The van der Waals surface area contributed by atoms with Crippen molar-refractivity contribution in [1.82, 2.24) is 10.2 Å². The van der Waals surface area contributed by atoms with Crippen LogP contribution < -0.4 is 5.32 Å². The highest BCUT2D eigenvalue weighted by Crippen LogP contribution is 2.27. The lowest BCUT2D eigenvalue weighted by Gasteiger charge is -2.22. The first-order valence-electron chi connectivity index (χ1n) is 5.27. The predicted molar refractivity (Wildman–Crippen MR) is 54.4 cm³/mol. The highest BCUT2D eigenvalue weighted by atomic mass is 15.2. The third kappa shape index (κ3) is 1.72. The fraction of sp³-hybridized carbons (Fsp3) is 0.818. The van der Waals surface area contributed by atoms with E-state index in [2.05, 4.69) is 23.1 Å². The van der Waals surface area contributed by atoms with Crippen LogP contribution in [0, 0.1) is 12.3 Å². The molecule has 0 aromatic heterocycles. The molecule has 0 amide bonds. The van der Waals surface area contributed by atoms with Gasteiger partial charge in [-0.2, -0.15) is 0 Å². The Morgan fingerprint density at radius 3 is 3.08 bits per heavy atom. The first-order valence-corrected chi connectivity index (χ1v) is 5.27. The summed E-state index contributed by atoms with van der Waals surface area (Å²) in [4.78, 5) is 2.60. The predicted octanol–water partition coefficient (Wildman–Crippen LogP) is 0.834. The Kier molecular flexibility index (Phi) is 2.57. The van der Waals surface area contributed by atoms with Gasteiger partial charge in [-0.15, -0.1) is 6.42 Å². The van der Waals surface area contributed by atoms with Crippen molar-refractivity contribution in [3.63, 3.8) is 0 Å². The molecular formula is C11H18N2. The Morgan fingerprint density at radius 2 is 2.31 bits per heavy atom. The molecule has 2 rings (SSSR count). The molecule has 2 saturated heterocycles. The molecule has 2 heteroatoms. The van der Waals surface area contributed by atoms with Crippen molar-refractivity contribution in [2.45, 2.75) is 44.3 Å². The molecule has 0 saturated carbocycles. The van der Waals surface area contributed by atoms with Crippen LogP contribution in [0.1, 0.15) is 26.2 Å². The van der Waals surface area contributed by atoms with Crippen molar-refractivity contribution in [2.24, 2.45) is 0 Å². The highest BCUT2D eigenvalue weighted by Gasteiger charge is 2.37. The van der Waals surface area contributed by atoms with Crippen LogP contribution in [0.25, 0.3) is 0 Å². The van der Waals surface area contributed by atoms with Gasteiger partial charge in [-0.1, -0.05) is 5.92 Å². The second kappa shape index (κ2) is 3.69. The molecule has 0 aromatic rings. The lowest BCUT2D eigenvalue weighted by molar-refractivity contribution is 0.296. The van der Waals surface area contributed by atoms with Gasteiger partial charge in [-0.05, 0) is 32.7 Å². The van der Waals surface area contributed by atoms with E-state index in [4.69, 9.17) is 6.42 Å². The van der Waals surface area contributed by atoms with Crippen molar-refractivity contribution < 1.29 is 0 Å². The molecule has 2 heterocycles. The molecule has 2 fully saturated rings. The largest absolute Gasteiger partial charge is 0.300 e. The zero-order valence-corrected chi connectivity index (χ0v) is 8.29. The summed E-state index contributed by atoms with van der Waals surface area (Å²) >= 11 is 0. The Balaban J connectivity index is 1.91. The molecule has 72 valence electrons. The fourth-order valence-electron chi connectivity index (χ4n) is 2.65. The van der Waals surface area contributed by atoms with E-state index in [0.29, 0.717) is 6.04 Å². The van der Waals surface area contributed by atoms with Crippen LogP contribution in [0.5, 0.6) is 0 Å². The quantitative estimate of drug-likeness (QED) is 0.630. The van der Waals surface area contributed by atoms with Crippen molar-refractivity contribution in [1.29, 1.82) is 0 Å². The molecule has 0 radical (unpaired) electrons. The number of terminal acetylenes is 1. The van der Waals surface area contributed by atoms with Gasteiger partial charge >= 0.3 is 0 Å². The van der Waals surface area contributed by atoms with Gasteiger partial charge in [-0.25, -0.2) is 0 Å². The van der Waals surface area contributed by atoms with Crippen LogP contribution in [0.2, 0.25) is 0 Å². The minimum Gasteiger partial charge on any atom is -0.300 e. The summed E-state index contributed by atoms with van der Waals surface area (Å²) < 4.78 is 0. The van der Waals surface area contributed by atoms with E-state index in [-0.39, 0.29) is 6.04 Å². The molecular weight excluding hydrogens is 160 g/mol. The molecule has 0 aliphatic carbocycles. The average Bonchev–Trinajstić information content (AvgIpc) is 2.69. The van der Waals surface area contributed by atoms with E-state index >= 15 is 0 Å².